The Bertz CT molecular complexity index is 571. The molecule has 1 aromatic rings. The van der Waals surface area contributed by atoms with Gasteiger partial charge in [0.15, 0.2) is 0 Å². The fourth-order valence-electron chi connectivity index (χ4n) is 2.29. The molecule has 0 aromatic heterocycles. The van der Waals surface area contributed by atoms with Crippen molar-refractivity contribution in [2.45, 2.75) is 37.9 Å². The second kappa shape index (κ2) is 7.04. The number of aliphatic hydroxyl groups excluding tert-OH is 1. The summed E-state index contributed by atoms with van der Waals surface area (Å²) in [5.74, 6) is -0.661. The van der Waals surface area contributed by atoms with E-state index in [0.717, 1.165) is 0 Å². The molecule has 118 valence electrons. The first-order chi connectivity index (χ1) is 10.4. The van der Waals surface area contributed by atoms with Crippen molar-refractivity contribution in [3.63, 3.8) is 0 Å². The SMILES string of the molecule is N=C(N)c1ccc(NC(=O)CC[C@@H]2C[C@H](O)CC(=O)O2)cc1. The van der Waals surface area contributed by atoms with Crippen molar-refractivity contribution in [1.29, 1.82) is 5.41 Å². The number of amides is 1. The number of nitrogens with one attached hydrogen (secondary N) is 2. The summed E-state index contributed by atoms with van der Waals surface area (Å²) < 4.78 is 5.08. The van der Waals surface area contributed by atoms with Crippen LogP contribution in [0.3, 0.4) is 0 Å². The van der Waals surface area contributed by atoms with Gasteiger partial charge in [-0.05, 0) is 30.7 Å². The molecule has 1 aliphatic heterocycles. The van der Waals surface area contributed by atoms with Crippen LogP contribution >= 0.6 is 0 Å². The van der Waals surface area contributed by atoms with Crippen molar-refractivity contribution in [3.8, 4) is 0 Å². The van der Waals surface area contributed by atoms with E-state index in [1.807, 2.05) is 0 Å². The van der Waals surface area contributed by atoms with Gasteiger partial charge in [-0.25, -0.2) is 0 Å². The molecular formula is C15H19N3O4. The van der Waals surface area contributed by atoms with Crippen molar-refractivity contribution in [1.82, 2.24) is 0 Å². The Labute approximate surface area is 128 Å². The first kappa shape index (κ1) is 16.0. The lowest BCUT2D eigenvalue weighted by Gasteiger charge is -2.25. The third-order valence-electron chi connectivity index (χ3n) is 3.41. The van der Waals surface area contributed by atoms with Gasteiger partial charge in [-0.3, -0.25) is 15.0 Å². The molecule has 1 amide bonds. The van der Waals surface area contributed by atoms with Gasteiger partial charge in [-0.2, -0.15) is 0 Å². The normalized spacial score (nSPS) is 21.0. The molecule has 5 N–H and O–H groups in total. The molecule has 1 aromatic carbocycles. The number of cyclic esters (lactones) is 1. The van der Waals surface area contributed by atoms with Crippen LogP contribution in [0, 0.1) is 5.41 Å². The summed E-state index contributed by atoms with van der Waals surface area (Å²) in [7, 11) is 0. The molecule has 0 spiro atoms. The summed E-state index contributed by atoms with van der Waals surface area (Å²) in [5, 5.41) is 19.5. The molecule has 0 unspecified atom stereocenters. The van der Waals surface area contributed by atoms with Crippen LogP contribution in [0.5, 0.6) is 0 Å². The van der Waals surface area contributed by atoms with Crippen LogP contribution in [0.1, 0.15) is 31.2 Å². The molecule has 1 heterocycles. The Morgan fingerprint density at radius 2 is 2.09 bits per heavy atom. The molecule has 7 heteroatoms. The van der Waals surface area contributed by atoms with Crippen molar-refractivity contribution < 1.29 is 19.4 Å². The van der Waals surface area contributed by atoms with Crippen LogP contribution in [0.15, 0.2) is 24.3 Å². The number of anilines is 1. The van der Waals surface area contributed by atoms with Gasteiger partial charge < -0.3 is 20.9 Å². The maximum Gasteiger partial charge on any atom is 0.308 e. The molecule has 22 heavy (non-hydrogen) atoms. The maximum atomic E-state index is 11.9. The Kier molecular flexibility index (Phi) is 5.11. The lowest BCUT2D eigenvalue weighted by Crippen LogP contribution is -2.33. The highest BCUT2D eigenvalue weighted by molar-refractivity contribution is 5.96. The number of aliphatic hydroxyl groups is 1. The first-order valence-corrected chi connectivity index (χ1v) is 7.06. The molecule has 1 aliphatic rings. The number of hydrogen-bond acceptors (Lipinski definition) is 5. The average Bonchev–Trinajstić information content (AvgIpc) is 2.45. The molecule has 2 atom stereocenters. The smallest absolute Gasteiger partial charge is 0.308 e. The van der Waals surface area contributed by atoms with E-state index in [2.05, 4.69) is 5.32 Å². The van der Waals surface area contributed by atoms with E-state index >= 15 is 0 Å². The van der Waals surface area contributed by atoms with Crippen LogP contribution in [0.4, 0.5) is 5.69 Å². The summed E-state index contributed by atoms with van der Waals surface area (Å²) in [6, 6.07) is 6.63. The first-order valence-electron chi connectivity index (χ1n) is 7.06. The van der Waals surface area contributed by atoms with Crippen LogP contribution in [-0.2, 0) is 14.3 Å². The summed E-state index contributed by atoms with van der Waals surface area (Å²) in [4.78, 5) is 23.1. The van der Waals surface area contributed by atoms with Crippen LogP contribution in [-0.4, -0.2) is 35.0 Å². The molecule has 2 rings (SSSR count). The number of hydrogen-bond donors (Lipinski definition) is 4. The molecule has 7 nitrogen and oxygen atoms in total. The number of ether oxygens (including phenoxy) is 1. The fourth-order valence-corrected chi connectivity index (χ4v) is 2.29. The Morgan fingerprint density at radius 3 is 2.68 bits per heavy atom. The van der Waals surface area contributed by atoms with E-state index in [1.54, 1.807) is 24.3 Å². The minimum absolute atomic E-state index is 0.0190. The number of carbonyl (C=O) groups is 2. The number of nitrogens with two attached hydrogens (primary N) is 1. The Hall–Kier alpha value is -2.41. The number of carbonyl (C=O) groups excluding carboxylic acids is 2. The van der Waals surface area contributed by atoms with Crippen LogP contribution < -0.4 is 11.1 Å². The highest BCUT2D eigenvalue weighted by atomic mass is 16.5. The minimum atomic E-state index is -0.687. The predicted octanol–water partition coefficient (Wildman–Crippen LogP) is 0.756. The van der Waals surface area contributed by atoms with Gasteiger partial charge in [-0.1, -0.05) is 0 Å². The van der Waals surface area contributed by atoms with E-state index in [9.17, 15) is 14.7 Å². The molecular weight excluding hydrogens is 286 g/mol. The molecule has 1 saturated heterocycles. The third-order valence-corrected chi connectivity index (χ3v) is 3.41. The standard InChI is InChI=1S/C15H19N3O4/c16-15(17)9-1-3-10(4-2-9)18-13(20)6-5-12-7-11(19)8-14(21)22-12/h1-4,11-12,19H,5-8H2,(H3,16,17)(H,18,20)/t11-,12+/m0/s1. The van der Waals surface area contributed by atoms with E-state index in [0.29, 0.717) is 24.1 Å². The number of benzene rings is 1. The number of nitrogen functional groups attached to an aromatic ring is 1. The predicted molar refractivity (Wildman–Crippen MR) is 80.4 cm³/mol. The zero-order chi connectivity index (χ0) is 16.1. The molecule has 0 saturated carbocycles. The minimum Gasteiger partial charge on any atom is -0.462 e. The van der Waals surface area contributed by atoms with Gasteiger partial charge in [0.1, 0.15) is 11.9 Å². The van der Waals surface area contributed by atoms with E-state index in [1.165, 1.54) is 0 Å². The second-order valence-corrected chi connectivity index (χ2v) is 5.28. The van der Waals surface area contributed by atoms with Gasteiger partial charge in [0.2, 0.25) is 5.91 Å². The van der Waals surface area contributed by atoms with E-state index in [4.69, 9.17) is 15.9 Å². The van der Waals surface area contributed by atoms with Gasteiger partial charge >= 0.3 is 5.97 Å². The lowest BCUT2D eigenvalue weighted by atomic mass is 10.0. The second-order valence-electron chi connectivity index (χ2n) is 5.28. The van der Waals surface area contributed by atoms with E-state index < -0.39 is 18.2 Å². The lowest BCUT2D eigenvalue weighted by molar-refractivity contribution is -0.160. The van der Waals surface area contributed by atoms with E-state index in [-0.39, 0.29) is 24.6 Å². The molecule has 0 aliphatic carbocycles. The highest BCUT2D eigenvalue weighted by Gasteiger charge is 2.27. The largest absolute Gasteiger partial charge is 0.462 e. The van der Waals surface area contributed by atoms with Crippen molar-refractivity contribution in [2.24, 2.45) is 5.73 Å². The summed E-state index contributed by atoms with van der Waals surface area (Å²) >= 11 is 0. The van der Waals surface area contributed by atoms with Crippen molar-refractivity contribution in [2.75, 3.05) is 5.32 Å². The van der Waals surface area contributed by atoms with Gasteiger partial charge in [0, 0.05) is 24.1 Å². The number of amidine groups is 1. The topological polar surface area (TPSA) is 126 Å². The van der Waals surface area contributed by atoms with Crippen molar-refractivity contribution >= 4 is 23.4 Å². The van der Waals surface area contributed by atoms with Gasteiger partial charge in [0.25, 0.3) is 0 Å². The van der Waals surface area contributed by atoms with Gasteiger partial charge in [0.05, 0.1) is 12.5 Å². The molecule has 1 fully saturated rings. The monoisotopic (exact) mass is 305 g/mol. The zero-order valence-corrected chi connectivity index (χ0v) is 12.0. The average molecular weight is 305 g/mol. The summed E-state index contributed by atoms with van der Waals surface area (Å²) in [5.41, 5.74) is 6.54. The number of rotatable bonds is 5. The number of esters is 1. The highest BCUT2D eigenvalue weighted by Crippen LogP contribution is 2.19. The van der Waals surface area contributed by atoms with Gasteiger partial charge in [-0.15, -0.1) is 0 Å². The van der Waals surface area contributed by atoms with Crippen molar-refractivity contribution in [3.05, 3.63) is 29.8 Å². The molecule has 0 radical (unpaired) electrons. The quantitative estimate of drug-likeness (QED) is 0.363. The zero-order valence-electron chi connectivity index (χ0n) is 12.0. The maximum absolute atomic E-state index is 11.9. The Balaban J connectivity index is 1.80. The van der Waals surface area contributed by atoms with Crippen LogP contribution in [0.2, 0.25) is 0 Å². The van der Waals surface area contributed by atoms with Crippen LogP contribution in [0.25, 0.3) is 0 Å². The summed E-state index contributed by atoms with van der Waals surface area (Å²) in [6.07, 6.45) is -0.146. The Morgan fingerprint density at radius 1 is 1.41 bits per heavy atom. The summed E-state index contributed by atoms with van der Waals surface area (Å²) in [6.45, 7) is 0. The third kappa shape index (κ3) is 4.56. The molecule has 0 bridgehead atoms. The fraction of sp³-hybridized carbons (Fsp3) is 0.400.